The lowest BCUT2D eigenvalue weighted by Crippen LogP contribution is -2.37. The summed E-state index contributed by atoms with van der Waals surface area (Å²) in [5.74, 6) is 3.38. The van der Waals surface area contributed by atoms with Gasteiger partial charge in [0.1, 0.15) is 29.4 Å². The van der Waals surface area contributed by atoms with E-state index in [1.165, 1.54) is 0 Å². The molecule has 170 valence electrons. The van der Waals surface area contributed by atoms with Crippen molar-refractivity contribution in [1.82, 2.24) is 9.97 Å². The van der Waals surface area contributed by atoms with E-state index in [2.05, 4.69) is 14.9 Å². The van der Waals surface area contributed by atoms with Crippen molar-refractivity contribution in [3.8, 4) is 33.9 Å². The average molecular weight is 446 g/mol. The molecule has 0 amide bonds. The number of hydrogen-bond acceptors (Lipinski definition) is 7. The Hall–Kier alpha value is -3.58. The largest absolute Gasteiger partial charge is 0.497 e. The lowest BCUT2D eigenvalue weighted by atomic mass is 9.97. The van der Waals surface area contributed by atoms with E-state index >= 15 is 0 Å². The van der Waals surface area contributed by atoms with E-state index in [0.29, 0.717) is 5.71 Å². The molecule has 3 heterocycles. The molecule has 1 saturated heterocycles. The van der Waals surface area contributed by atoms with Gasteiger partial charge in [0.05, 0.1) is 19.6 Å². The maximum atomic E-state index is 9.75. The molecule has 2 aromatic heterocycles. The molecule has 1 atom stereocenters. The Morgan fingerprint density at radius 2 is 1.64 bits per heavy atom. The van der Waals surface area contributed by atoms with Gasteiger partial charge in [-0.2, -0.15) is 0 Å². The molecule has 7 heteroatoms. The van der Waals surface area contributed by atoms with Crippen LogP contribution >= 0.6 is 0 Å². The number of methoxy groups -OCH3 is 2. The third-order valence-electron chi connectivity index (χ3n) is 6.28. The molecular weight excluding hydrogens is 418 g/mol. The van der Waals surface area contributed by atoms with Crippen molar-refractivity contribution in [2.24, 2.45) is 5.92 Å². The average Bonchev–Trinajstić information content (AvgIpc) is 3.28. The summed E-state index contributed by atoms with van der Waals surface area (Å²) >= 11 is 0. The van der Waals surface area contributed by atoms with Gasteiger partial charge in [0.2, 0.25) is 5.71 Å². The second kappa shape index (κ2) is 9.11. The minimum atomic E-state index is 0.179. The van der Waals surface area contributed by atoms with Gasteiger partial charge in [-0.1, -0.05) is 12.1 Å². The molecule has 0 aliphatic carbocycles. The summed E-state index contributed by atoms with van der Waals surface area (Å²) in [6.45, 7) is 1.82. The number of ether oxygens (including phenoxy) is 2. The number of aliphatic hydroxyl groups excluding tert-OH is 1. The molecule has 0 bridgehead atoms. The summed E-state index contributed by atoms with van der Waals surface area (Å²) < 4.78 is 17.0. The van der Waals surface area contributed by atoms with E-state index in [0.717, 1.165) is 71.1 Å². The van der Waals surface area contributed by atoms with Crippen molar-refractivity contribution >= 4 is 16.9 Å². The zero-order valence-electron chi connectivity index (χ0n) is 18.8. The van der Waals surface area contributed by atoms with Crippen molar-refractivity contribution in [2.75, 3.05) is 38.8 Å². The van der Waals surface area contributed by atoms with E-state index in [1.54, 1.807) is 20.5 Å². The number of furan rings is 1. The van der Waals surface area contributed by atoms with Gasteiger partial charge < -0.3 is 23.9 Å². The fraction of sp³-hybridized carbons (Fsp3) is 0.308. The Bertz CT molecular complexity index is 1240. The van der Waals surface area contributed by atoms with Gasteiger partial charge in [-0.3, -0.25) is 0 Å². The van der Waals surface area contributed by atoms with Crippen molar-refractivity contribution in [3.63, 3.8) is 0 Å². The predicted octanol–water partition coefficient (Wildman–Crippen LogP) is 4.78. The molecule has 5 rings (SSSR count). The fourth-order valence-corrected chi connectivity index (χ4v) is 4.54. The van der Waals surface area contributed by atoms with E-state index in [1.807, 2.05) is 48.5 Å². The van der Waals surface area contributed by atoms with Gasteiger partial charge in [0, 0.05) is 30.8 Å². The number of aliphatic hydroxyl groups is 1. The van der Waals surface area contributed by atoms with Crippen molar-refractivity contribution < 1.29 is 19.0 Å². The highest BCUT2D eigenvalue weighted by Crippen LogP contribution is 2.44. The van der Waals surface area contributed by atoms with Gasteiger partial charge >= 0.3 is 0 Å². The maximum Gasteiger partial charge on any atom is 0.232 e. The van der Waals surface area contributed by atoms with E-state index < -0.39 is 0 Å². The monoisotopic (exact) mass is 445 g/mol. The molecule has 1 N–H and O–H groups in total. The van der Waals surface area contributed by atoms with E-state index in [-0.39, 0.29) is 12.5 Å². The zero-order chi connectivity index (χ0) is 22.8. The summed E-state index contributed by atoms with van der Waals surface area (Å²) in [6, 6.07) is 15.8. The standard InChI is InChI=1S/C26H27N3O4/c1-31-20-9-5-18(6-10-20)22-23-25(29-13-3-4-17(14-29)15-30)27-16-28-26(23)33-24(22)19-7-11-21(32-2)12-8-19/h5-12,16-17,30H,3-4,13-15H2,1-2H3. The Morgan fingerprint density at radius 1 is 0.970 bits per heavy atom. The second-order valence-electron chi connectivity index (χ2n) is 8.28. The lowest BCUT2D eigenvalue weighted by Gasteiger charge is -2.33. The molecule has 1 aliphatic rings. The molecule has 2 aromatic carbocycles. The molecule has 0 spiro atoms. The second-order valence-corrected chi connectivity index (χ2v) is 8.28. The fourth-order valence-electron chi connectivity index (χ4n) is 4.54. The molecule has 33 heavy (non-hydrogen) atoms. The first-order valence-corrected chi connectivity index (χ1v) is 11.1. The maximum absolute atomic E-state index is 9.75. The first-order chi connectivity index (χ1) is 16.2. The number of rotatable bonds is 6. The van der Waals surface area contributed by atoms with Crippen LogP contribution in [0.3, 0.4) is 0 Å². The van der Waals surface area contributed by atoms with Crippen molar-refractivity contribution in [1.29, 1.82) is 0 Å². The van der Waals surface area contributed by atoms with Crippen LogP contribution in [-0.4, -0.2) is 49.0 Å². The molecule has 1 unspecified atom stereocenters. The molecule has 0 saturated carbocycles. The minimum absolute atomic E-state index is 0.179. The van der Waals surface area contributed by atoms with Crippen LogP contribution in [0.1, 0.15) is 12.8 Å². The summed E-state index contributed by atoms with van der Waals surface area (Å²) in [6.07, 6.45) is 3.59. The van der Waals surface area contributed by atoms with Gasteiger partial charge in [-0.15, -0.1) is 0 Å². The Kier molecular flexibility index (Phi) is 5.88. The molecule has 1 aliphatic heterocycles. The van der Waals surface area contributed by atoms with Crippen LogP contribution in [0.4, 0.5) is 5.82 Å². The van der Waals surface area contributed by atoms with Crippen LogP contribution < -0.4 is 14.4 Å². The zero-order valence-corrected chi connectivity index (χ0v) is 18.8. The SMILES string of the molecule is COc1ccc(-c2oc3ncnc(N4CCCC(CO)C4)c3c2-c2ccc(OC)cc2)cc1. The van der Waals surface area contributed by atoms with Crippen LogP contribution in [0.5, 0.6) is 11.5 Å². The van der Waals surface area contributed by atoms with E-state index in [9.17, 15) is 5.11 Å². The Labute approximate surface area is 192 Å². The first kappa shape index (κ1) is 21.3. The molecule has 4 aromatic rings. The number of anilines is 1. The summed E-state index contributed by atoms with van der Waals surface area (Å²) in [7, 11) is 3.31. The topological polar surface area (TPSA) is 80.9 Å². The number of benzene rings is 2. The van der Waals surface area contributed by atoms with Crippen LogP contribution in [0.25, 0.3) is 33.6 Å². The predicted molar refractivity (Wildman–Crippen MR) is 128 cm³/mol. The third kappa shape index (κ3) is 4.00. The minimum Gasteiger partial charge on any atom is -0.497 e. The highest BCUT2D eigenvalue weighted by molar-refractivity contribution is 6.06. The van der Waals surface area contributed by atoms with E-state index in [4.69, 9.17) is 13.9 Å². The molecular formula is C26H27N3O4. The van der Waals surface area contributed by atoms with Crippen LogP contribution in [0.15, 0.2) is 59.3 Å². The summed E-state index contributed by atoms with van der Waals surface area (Å²) in [5.41, 5.74) is 3.41. The number of nitrogens with zero attached hydrogens (tertiary/aromatic N) is 3. The van der Waals surface area contributed by atoms with Crippen molar-refractivity contribution in [2.45, 2.75) is 12.8 Å². The van der Waals surface area contributed by atoms with Gasteiger partial charge in [-0.25, -0.2) is 9.97 Å². The quantitative estimate of drug-likeness (QED) is 0.457. The summed E-state index contributed by atoms with van der Waals surface area (Å²) in [4.78, 5) is 11.4. The molecule has 7 nitrogen and oxygen atoms in total. The van der Waals surface area contributed by atoms with Gasteiger partial charge in [0.15, 0.2) is 0 Å². The molecule has 0 radical (unpaired) electrons. The van der Waals surface area contributed by atoms with Crippen LogP contribution in [0, 0.1) is 5.92 Å². The highest BCUT2D eigenvalue weighted by Gasteiger charge is 2.27. The molecule has 1 fully saturated rings. The first-order valence-electron chi connectivity index (χ1n) is 11.1. The summed E-state index contributed by atoms with van der Waals surface area (Å²) in [5, 5.41) is 10.6. The Morgan fingerprint density at radius 3 is 2.27 bits per heavy atom. The van der Waals surface area contributed by atoms with Gasteiger partial charge in [-0.05, 0) is 60.7 Å². The van der Waals surface area contributed by atoms with Crippen LogP contribution in [-0.2, 0) is 0 Å². The number of hydrogen-bond donors (Lipinski definition) is 1. The number of aromatic nitrogens is 2. The Balaban J connectivity index is 1.72. The number of fused-ring (bicyclic) bond motifs is 1. The van der Waals surface area contributed by atoms with Gasteiger partial charge in [0.25, 0.3) is 0 Å². The van der Waals surface area contributed by atoms with Crippen LogP contribution in [0.2, 0.25) is 0 Å². The lowest BCUT2D eigenvalue weighted by molar-refractivity contribution is 0.208. The smallest absolute Gasteiger partial charge is 0.232 e. The highest BCUT2D eigenvalue weighted by atomic mass is 16.5. The third-order valence-corrected chi connectivity index (χ3v) is 6.28. The van der Waals surface area contributed by atoms with Crippen molar-refractivity contribution in [3.05, 3.63) is 54.9 Å². The normalized spacial score (nSPS) is 16.2. The number of piperidine rings is 1.